The van der Waals surface area contributed by atoms with Crippen LogP contribution in [0.1, 0.15) is 17.7 Å². The highest BCUT2D eigenvalue weighted by Gasteiger charge is 2.09. The van der Waals surface area contributed by atoms with Gasteiger partial charge in [-0.2, -0.15) is 35.6 Å². The van der Waals surface area contributed by atoms with E-state index in [4.69, 9.17) is 0 Å². The van der Waals surface area contributed by atoms with Crippen LogP contribution in [0.4, 0.5) is 0 Å². The third kappa shape index (κ3) is 11.3. The minimum atomic E-state index is 0.637. The molecule has 0 fully saturated rings. The summed E-state index contributed by atoms with van der Waals surface area (Å²) >= 11 is 0. The minimum Gasteiger partial charge on any atom is -0.307 e. The topological polar surface area (TPSA) is 220 Å². The zero-order valence-electron chi connectivity index (χ0n) is 33.4. The largest absolute Gasteiger partial charge is 0.307 e. The Morgan fingerprint density at radius 1 is 0.365 bits per heavy atom. The lowest BCUT2D eigenvalue weighted by Crippen LogP contribution is -1.89. The van der Waals surface area contributed by atoms with Gasteiger partial charge in [-0.15, -0.1) is 14.8 Å². The van der Waals surface area contributed by atoms with Crippen molar-refractivity contribution >= 4 is 34.0 Å². The molecule has 0 aromatic carbocycles. The van der Waals surface area contributed by atoms with E-state index in [1.54, 1.807) is 92.3 Å². The number of imidazole rings is 2. The van der Waals surface area contributed by atoms with E-state index < -0.39 is 0 Å². The van der Waals surface area contributed by atoms with Gasteiger partial charge in [0.1, 0.15) is 18.3 Å². The summed E-state index contributed by atoms with van der Waals surface area (Å²) in [5.74, 6) is 0.637. The highest BCUT2D eigenvalue weighted by molar-refractivity contribution is 5.37. The van der Waals surface area contributed by atoms with Crippen molar-refractivity contribution in [2.75, 3.05) is 0 Å². The van der Waals surface area contributed by atoms with Gasteiger partial charge in [0.2, 0.25) is 0 Å². The minimum absolute atomic E-state index is 0.637. The van der Waals surface area contributed by atoms with Crippen molar-refractivity contribution in [1.29, 1.82) is 0 Å². The maximum atomic E-state index is 4.26. The zero-order valence-corrected chi connectivity index (χ0v) is 33.4. The molecule has 13 aromatic heterocycles. The Morgan fingerprint density at radius 2 is 1.03 bits per heavy atom. The summed E-state index contributed by atoms with van der Waals surface area (Å²) < 4.78 is 10.2. The molecule has 21 heteroatoms. The average Bonchev–Trinajstić information content (AvgIpc) is 4.21. The molecule has 0 atom stereocenters. The predicted molar refractivity (Wildman–Crippen MR) is 230 cm³/mol. The van der Waals surface area contributed by atoms with E-state index in [0.29, 0.717) is 5.78 Å². The molecule has 14 rings (SSSR count). The second kappa shape index (κ2) is 21.1. The molecule has 0 N–H and O–H groups in total. The van der Waals surface area contributed by atoms with Crippen LogP contribution >= 0.6 is 0 Å². The lowest BCUT2D eigenvalue weighted by Gasteiger charge is -1.92. The Hall–Kier alpha value is -9.27. The quantitative estimate of drug-likeness (QED) is 0.201. The first-order chi connectivity index (χ1) is 31.3. The molecule has 0 radical (unpaired) electrons. The van der Waals surface area contributed by atoms with Crippen molar-refractivity contribution in [2.45, 2.75) is 19.3 Å². The third-order valence-corrected chi connectivity index (χ3v) is 8.69. The lowest BCUT2D eigenvalue weighted by molar-refractivity contribution is 0.799. The molecule has 0 saturated heterocycles. The average molecular weight is 836 g/mol. The van der Waals surface area contributed by atoms with E-state index in [1.807, 2.05) is 102 Å². The highest BCUT2D eigenvalue weighted by atomic mass is 15.4. The Morgan fingerprint density at radius 3 is 1.86 bits per heavy atom. The number of pyridine rings is 2. The summed E-state index contributed by atoms with van der Waals surface area (Å²) in [5, 5.41) is 30.9. The van der Waals surface area contributed by atoms with Gasteiger partial charge in [-0.05, 0) is 79.4 Å². The van der Waals surface area contributed by atoms with Crippen LogP contribution in [0.2, 0.25) is 0 Å². The van der Waals surface area contributed by atoms with Crippen molar-refractivity contribution < 1.29 is 0 Å². The second-order valence-corrected chi connectivity index (χ2v) is 12.8. The Bertz CT molecular complexity index is 2630. The van der Waals surface area contributed by atoms with Gasteiger partial charge in [-0.25, -0.2) is 43.0 Å². The molecule has 21 nitrogen and oxygen atoms in total. The van der Waals surface area contributed by atoms with Crippen molar-refractivity contribution in [3.8, 4) is 0 Å². The Balaban J connectivity index is 0.000000101. The second-order valence-electron chi connectivity index (χ2n) is 12.8. The van der Waals surface area contributed by atoms with Gasteiger partial charge < -0.3 is 4.40 Å². The summed E-state index contributed by atoms with van der Waals surface area (Å²) in [6.45, 7) is 0. The molecule has 63 heavy (non-hydrogen) atoms. The molecular formula is C42H37N21. The monoisotopic (exact) mass is 835 g/mol. The number of nitrogens with zero attached hydrogens (tertiary/aromatic N) is 21. The molecule has 0 amide bonds. The number of fused-ring (bicyclic) bond motifs is 7. The van der Waals surface area contributed by atoms with Crippen molar-refractivity contribution in [3.05, 3.63) is 202 Å². The van der Waals surface area contributed by atoms with Crippen LogP contribution in [-0.4, -0.2) is 103 Å². The molecule has 1 aliphatic carbocycles. The van der Waals surface area contributed by atoms with E-state index in [1.165, 1.54) is 47.8 Å². The van der Waals surface area contributed by atoms with Crippen LogP contribution < -0.4 is 0 Å². The van der Waals surface area contributed by atoms with Crippen LogP contribution in [0, 0.1) is 0 Å². The predicted octanol–water partition coefficient (Wildman–Crippen LogP) is 4.74. The third-order valence-electron chi connectivity index (χ3n) is 8.69. The molecule has 0 unspecified atom stereocenters. The summed E-state index contributed by atoms with van der Waals surface area (Å²) in [4.78, 5) is 28.1. The maximum Gasteiger partial charge on any atom is 0.252 e. The standard InChI is InChI=1S/C8H9N.C7H6N2.2C6H5N3.3C5H4N4/c1-3-7-4-2-6-9-8(7)5-1;1-2-5-9-6-4-8-7(9)3-1;1-3-7-6-2-4-8-9(6)5-1;1-2-6-7-4-5-9(6)8-3-1;1-2-7-9-4-3-6-8-5(1)9;1-2-6-5-7-4-8-9(5)3-1;1-2-5-6-4-8-9(5)7-3-1/h2,4,6H,1,3,5H2;1-6H;2*1-5H;3*1-4H. The van der Waals surface area contributed by atoms with Crippen LogP contribution in [0.15, 0.2) is 191 Å². The number of rotatable bonds is 0. The summed E-state index contributed by atoms with van der Waals surface area (Å²) in [6.07, 6.45) is 35.0. The van der Waals surface area contributed by atoms with Crippen LogP contribution in [0.3, 0.4) is 0 Å². The fourth-order valence-electron chi connectivity index (χ4n) is 5.79. The lowest BCUT2D eigenvalue weighted by atomic mass is 10.2. The fourth-order valence-corrected chi connectivity index (χ4v) is 5.79. The van der Waals surface area contributed by atoms with E-state index >= 15 is 0 Å². The number of hydrogen-bond acceptors (Lipinski definition) is 15. The molecule has 0 spiro atoms. The molecule has 0 aliphatic heterocycles. The van der Waals surface area contributed by atoms with Gasteiger partial charge in [0, 0.05) is 92.2 Å². The first-order valence-electron chi connectivity index (χ1n) is 19.4. The van der Waals surface area contributed by atoms with Crippen LogP contribution in [0.25, 0.3) is 34.0 Å². The highest BCUT2D eigenvalue weighted by Crippen LogP contribution is 2.17. The van der Waals surface area contributed by atoms with E-state index in [9.17, 15) is 0 Å². The number of aryl methyl sites for hydroxylation is 2. The molecule has 0 saturated carbocycles. The molecule has 0 bridgehead atoms. The zero-order chi connectivity index (χ0) is 42.7. The summed E-state index contributed by atoms with van der Waals surface area (Å²) in [7, 11) is 0. The van der Waals surface area contributed by atoms with Crippen molar-refractivity contribution in [1.82, 2.24) is 103 Å². The Labute approximate surface area is 357 Å². The van der Waals surface area contributed by atoms with Gasteiger partial charge in [-0.3, -0.25) is 4.98 Å². The molecule has 13 heterocycles. The summed E-state index contributed by atoms with van der Waals surface area (Å²) in [5.41, 5.74) is 7.09. The van der Waals surface area contributed by atoms with Gasteiger partial charge in [-0.1, -0.05) is 12.1 Å². The van der Waals surface area contributed by atoms with Crippen molar-refractivity contribution in [3.63, 3.8) is 0 Å². The van der Waals surface area contributed by atoms with E-state index in [0.717, 1.165) is 28.2 Å². The van der Waals surface area contributed by atoms with Crippen LogP contribution in [-0.2, 0) is 12.8 Å². The normalized spacial score (nSPS) is 11.0. The smallest absolute Gasteiger partial charge is 0.252 e. The van der Waals surface area contributed by atoms with Gasteiger partial charge >= 0.3 is 0 Å². The number of hydrogen-bond donors (Lipinski definition) is 0. The van der Waals surface area contributed by atoms with Gasteiger partial charge in [0.15, 0.2) is 22.6 Å². The van der Waals surface area contributed by atoms with E-state index in [2.05, 4.69) is 81.7 Å². The van der Waals surface area contributed by atoms with Crippen molar-refractivity contribution in [2.24, 2.45) is 0 Å². The summed E-state index contributed by atoms with van der Waals surface area (Å²) in [6, 6.07) is 24.9. The molecular weight excluding hydrogens is 799 g/mol. The Kier molecular flexibility index (Phi) is 13.6. The van der Waals surface area contributed by atoms with E-state index in [-0.39, 0.29) is 0 Å². The fraction of sp³-hybridized carbons (Fsp3) is 0.0714. The van der Waals surface area contributed by atoms with Gasteiger partial charge in [0.25, 0.3) is 5.78 Å². The SMILES string of the molecule is c1ccn2ccnc2c1.c1cn2nccc2nn1.c1cnc2c(c1)CCC2.c1cnc2ccnn2c1.c1cnc2ncnn2c1.c1cnn2ccnc2c1.c1cnn2ncnc2c1. The first-order valence-corrected chi connectivity index (χ1v) is 19.4. The molecule has 13 aromatic rings. The molecule has 1 aliphatic rings. The molecule has 310 valence electrons. The van der Waals surface area contributed by atoms with Crippen LogP contribution in [0.5, 0.6) is 0 Å². The number of aromatic nitrogens is 21. The first kappa shape index (κ1) is 40.5. The maximum absolute atomic E-state index is 4.26. The van der Waals surface area contributed by atoms with Gasteiger partial charge in [0.05, 0.1) is 24.8 Å².